The highest BCUT2D eigenvalue weighted by Gasteiger charge is 2.01. The van der Waals surface area contributed by atoms with Crippen LogP contribution in [0.15, 0.2) is 36.5 Å². The van der Waals surface area contributed by atoms with Crippen LogP contribution in [0.3, 0.4) is 0 Å². The van der Waals surface area contributed by atoms with Gasteiger partial charge in [-0.25, -0.2) is 9.37 Å². The first kappa shape index (κ1) is 10.9. The summed E-state index contributed by atoms with van der Waals surface area (Å²) >= 11 is 5.68. The number of aryl methyl sites for hydroxylation is 1. The van der Waals surface area contributed by atoms with E-state index in [9.17, 15) is 4.39 Å². The van der Waals surface area contributed by atoms with Crippen molar-refractivity contribution in [1.29, 1.82) is 0 Å². The van der Waals surface area contributed by atoms with Crippen molar-refractivity contribution in [1.82, 2.24) is 4.98 Å². The molecule has 0 aliphatic heterocycles. The van der Waals surface area contributed by atoms with Crippen molar-refractivity contribution in [2.45, 2.75) is 6.92 Å². The van der Waals surface area contributed by atoms with Crippen LogP contribution in [0.25, 0.3) is 0 Å². The Kier molecular flexibility index (Phi) is 3.06. The van der Waals surface area contributed by atoms with E-state index in [2.05, 4.69) is 10.3 Å². The van der Waals surface area contributed by atoms with Crippen molar-refractivity contribution in [3.8, 4) is 0 Å². The number of pyridine rings is 1. The van der Waals surface area contributed by atoms with E-state index < -0.39 is 5.82 Å². The van der Waals surface area contributed by atoms with E-state index in [1.54, 1.807) is 12.3 Å². The van der Waals surface area contributed by atoms with Gasteiger partial charge >= 0.3 is 0 Å². The standard InChI is InChI=1S/C12H10ClFN2/c1-8-4-5-15-12(6-8)16-9-2-3-11(14)10(13)7-9/h2-7H,1H3,(H,15,16). The zero-order valence-corrected chi connectivity index (χ0v) is 9.42. The average molecular weight is 237 g/mol. The number of aromatic nitrogens is 1. The van der Waals surface area contributed by atoms with Gasteiger partial charge in [-0.1, -0.05) is 11.6 Å². The van der Waals surface area contributed by atoms with E-state index in [1.807, 2.05) is 19.1 Å². The van der Waals surface area contributed by atoms with Crippen LogP contribution in [0, 0.1) is 12.7 Å². The predicted octanol–water partition coefficient (Wildman–Crippen LogP) is 3.93. The smallest absolute Gasteiger partial charge is 0.141 e. The normalized spacial score (nSPS) is 10.2. The largest absolute Gasteiger partial charge is 0.340 e. The molecule has 0 bridgehead atoms. The van der Waals surface area contributed by atoms with Crippen molar-refractivity contribution >= 4 is 23.1 Å². The number of halogens is 2. The second-order valence-corrected chi connectivity index (χ2v) is 3.88. The number of hydrogen-bond donors (Lipinski definition) is 1. The van der Waals surface area contributed by atoms with Gasteiger partial charge in [0.15, 0.2) is 0 Å². The van der Waals surface area contributed by atoms with E-state index in [4.69, 9.17) is 11.6 Å². The minimum atomic E-state index is -0.426. The summed E-state index contributed by atoms with van der Waals surface area (Å²) in [4.78, 5) is 4.14. The van der Waals surface area contributed by atoms with Crippen LogP contribution in [-0.4, -0.2) is 4.98 Å². The Morgan fingerprint density at radius 3 is 2.75 bits per heavy atom. The molecule has 1 heterocycles. The van der Waals surface area contributed by atoms with Crippen molar-refractivity contribution in [3.63, 3.8) is 0 Å². The monoisotopic (exact) mass is 236 g/mol. The zero-order valence-electron chi connectivity index (χ0n) is 8.67. The number of rotatable bonds is 2. The lowest BCUT2D eigenvalue weighted by Crippen LogP contribution is -1.94. The summed E-state index contributed by atoms with van der Waals surface area (Å²) in [5, 5.41) is 3.15. The number of anilines is 2. The fourth-order valence-corrected chi connectivity index (χ4v) is 1.51. The Morgan fingerprint density at radius 2 is 2.06 bits per heavy atom. The summed E-state index contributed by atoms with van der Waals surface area (Å²) < 4.78 is 12.9. The second kappa shape index (κ2) is 4.49. The minimum absolute atomic E-state index is 0.0950. The van der Waals surface area contributed by atoms with Crippen LogP contribution >= 0.6 is 11.6 Å². The van der Waals surface area contributed by atoms with Gasteiger partial charge in [0.25, 0.3) is 0 Å². The number of benzene rings is 1. The third-order valence-corrected chi connectivity index (χ3v) is 2.40. The Bertz CT molecular complexity index is 514. The first-order valence-corrected chi connectivity index (χ1v) is 5.18. The van der Waals surface area contributed by atoms with Crippen molar-refractivity contribution < 1.29 is 4.39 Å². The van der Waals surface area contributed by atoms with Crippen LogP contribution in [0.5, 0.6) is 0 Å². The number of nitrogens with one attached hydrogen (secondary N) is 1. The van der Waals surface area contributed by atoms with Gasteiger partial charge in [0.1, 0.15) is 11.6 Å². The average Bonchev–Trinajstić information content (AvgIpc) is 2.24. The van der Waals surface area contributed by atoms with E-state index in [1.165, 1.54) is 12.1 Å². The highest BCUT2D eigenvalue weighted by molar-refractivity contribution is 6.31. The van der Waals surface area contributed by atoms with Crippen molar-refractivity contribution in [2.75, 3.05) is 5.32 Å². The molecule has 0 saturated heterocycles. The third kappa shape index (κ3) is 2.49. The molecule has 2 rings (SSSR count). The molecule has 0 aliphatic carbocycles. The zero-order chi connectivity index (χ0) is 11.5. The molecule has 0 atom stereocenters. The molecule has 0 radical (unpaired) electrons. The Balaban J connectivity index is 2.24. The van der Waals surface area contributed by atoms with Gasteiger partial charge in [-0.05, 0) is 42.8 Å². The second-order valence-electron chi connectivity index (χ2n) is 3.47. The first-order valence-electron chi connectivity index (χ1n) is 4.80. The molecule has 4 heteroatoms. The maximum atomic E-state index is 12.9. The molecule has 1 N–H and O–H groups in total. The van der Waals surface area contributed by atoms with Crippen LogP contribution < -0.4 is 5.32 Å². The Morgan fingerprint density at radius 1 is 1.25 bits per heavy atom. The highest BCUT2D eigenvalue weighted by atomic mass is 35.5. The molecule has 1 aromatic heterocycles. The quantitative estimate of drug-likeness (QED) is 0.855. The van der Waals surface area contributed by atoms with Gasteiger partial charge in [-0.2, -0.15) is 0 Å². The molecule has 2 nitrogen and oxygen atoms in total. The molecule has 0 spiro atoms. The lowest BCUT2D eigenvalue weighted by molar-refractivity contribution is 0.628. The molecule has 16 heavy (non-hydrogen) atoms. The fraction of sp³-hybridized carbons (Fsp3) is 0.0833. The molecule has 0 amide bonds. The van der Waals surface area contributed by atoms with E-state index in [-0.39, 0.29) is 5.02 Å². The summed E-state index contributed by atoms with van der Waals surface area (Å²) in [6.07, 6.45) is 1.71. The maximum absolute atomic E-state index is 12.9. The molecule has 0 fully saturated rings. The molecular weight excluding hydrogens is 227 g/mol. The molecule has 0 saturated carbocycles. The maximum Gasteiger partial charge on any atom is 0.141 e. The van der Waals surface area contributed by atoms with Crippen molar-refractivity contribution in [2.24, 2.45) is 0 Å². The summed E-state index contributed by atoms with van der Waals surface area (Å²) in [7, 11) is 0. The topological polar surface area (TPSA) is 24.9 Å². The highest BCUT2D eigenvalue weighted by Crippen LogP contribution is 2.21. The van der Waals surface area contributed by atoms with Gasteiger partial charge < -0.3 is 5.32 Å². The molecule has 0 unspecified atom stereocenters. The van der Waals surface area contributed by atoms with Crippen LogP contribution in [0.1, 0.15) is 5.56 Å². The first-order chi connectivity index (χ1) is 7.65. The SMILES string of the molecule is Cc1ccnc(Nc2ccc(F)c(Cl)c2)c1. The predicted molar refractivity (Wildman–Crippen MR) is 63.7 cm³/mol. The van der Waals surface area contributed by atoms with E-state index >= 15 is 0 Å². The van der Waals surface area contributed by atoms with Crippen molar-refractivity contribution in [3.05, 3.63) is 52.9 Å². The summed E-state index contributed by atoms with van der Waals surface area (Å²) in [5.74, 6) is 0.284. The van der Waals surface area contributed by atoms with Gasteiger partial charge in [0.2, 0.25) is 0 Å². The van der Waals surface area contributed by atoms with Gasteiger partial charge in [0, 0.05) is 11.9 Å². The number of nitrogens with zero attached hydrogens (tertiary/aromatic N) is 1. The van der Waals surface area contributed by atoms with Gasteiger partial charge in [-0.3, -0.25) is 0 Å². The third-order valence-electron chi connectivity index (χ3n) is 2.11. The Hall–Kier alpha value is -1.61. The lowest BCUT2D eigenvalue weighted by atomic mass is 10.3. The molecule has 0 aliphatic rings. The van der Waals surface area contributed by atoms with Gasteiger partial charge in [0.05, 0.1) is 5.02 Å². The molecular formula is C12H10ClFN2. The molecule has 2 aromatic rings. The minimum Gasteiger partial charge on any atom is -0.340 e. The summed E-state index contributed by atoms with van der Waals surface area (Å²) in [6, 6.07) is 8.27. The summed E-state index contributed by atoms with van der Waals surface area (Å²) in [6.45, 7) is 1.98. The lowest BCUT2D eigenvalue weighted by Gasteiger charge is -2.06. The van der Waals surface area contributed by atoms with Crippen LogP contribution in [0.2, 0.25) is 5.02 Å². The van der Waals surface area contributed by atoms with E-state index in [0.29, 0.717) is 11.5 Å². The summed E-state index contributed by atoms with van der Waals surface area (Å²) in [5.41, 5.74) is 1.82. The van der Waals surface area contributed by atoms with Gasteiger partial charge in [-0.15, -0.1) is 0 Å². The molecule has 1 aromatic carbocycles. The van der Waals surface area contributed by atoms with E-state index in [0.717, 1.165) is 5.56 Å². The van der Waals surface area contributed by atoms with Crippen LogP contribution in [-0.2, 0) is 0 Å². The number of hydrogen-bond acceptors (Lipinski definition) is 2. The Labute approximate surface area is 98.1 Å². The fourth-order valence-electron chi connectivity index (χ4n) is 1.33. The van der Waals surface area contributed by atoms with Crippen LogP contribution in [0.4, 0.5) is 15.9 Å². The molecule has 82 valence electrons.